The first-order chi connectivity index (χ1) is 63.3. The van der Waals surface area contributed by atoms with Crippen LogP contribution in [0, 0.1) is 62.3 Å². The summed E-state index contributed by atoms with van der Waals surface area (Å²) in [5.74, 6) is 0. The fourth-order valence-electron chi connectivity index (χ4n) is 23.1. The molecule has 6 aliphatic rings. The molecule has 0 bridgehead atoms. The third-order valence-electron chi connectivity index (χ3n) is 31.8. The van der Waals surface area contributed by atoms with Gasteiger partial charge in [-0.3, -0.25) is 0 Å². The Hall–Kier alpha value is -12.7. The van der Waals surface area contributed by atoms with Crippen LogP contribution < -0.4 is 78.6 Å². The summed E-state index contributed by atoms with van der Waals surface area (Å²) < 4.78 is 0. The molecule has 0 atom stereocenters. The lowest BCUT2D eigenvalue weighted by molar-refractivity contribution is 0.590. The number of nitrogens with zero attached hydrogens (tertiary/aromatic N) is 6. The van der Waals surface area contributed by atoms with Gasteiger partial charge in [0.05, 0.1) is 0 Å². The van der Waals surface area contributed by atoms with Crippen LogP contribution in [0.1, 0.15) is 232 Å². The minimum atomic E-state index is -0.910. The fraction of sp³-hybridized carbons (Fsp3) is 0.280. The zero-order chi connectivity index (χ0) is 94.5. The number of fused-ring (bicyclic) bond motifs is 12. The third-order valence-corrected chi connectivity index (χ3v) is 31.8. The molecule has 0 fully saturated rings. The van der Waals surface area contributed by atoms with E-state index in [-0.39, 0.29) is 52.6 Å². The highest BCUT2D eigenvalue weighted by atomic mass is 15.2. The van der Waals surface area contributed by atoms with Crippen LogP contribution >= 0.6 is 0 Å². The van der Waals surface area contributed by atoms with E-state index in [0.29, 0.717) is 0 Å². The Morgan fingerprint density at radius 1 is 0.164 bits per heavy atom. The zero-order valence-corrected chi connectivity index (χ0v) is 84.4. The largest absolute Gasteiger partial charge is 0.311 e. The van der Waals surface area contributed by atoms with E-state index in [4.69, 9.17) is 0 Å². The lowest BCUT2D eigenvalue weighted by Gasteiger charge is -2.46. The van der Waals surface area contributed by atoms with E-state index in [0.717, 1.165) is 34.1 Å². The van der Waals surface area contributed by atoms with Gasteiger partial charge in [0, 0.05) is 108 Å². The molecule has 0 unspecified atom stereocenters. The first-order valence-electron chi connectivity index (χ1n) is 49.0. The van der Waals surface area contributed by atoms with Gasteiger partial charge >= 0.3 is 0 Å². The maximum atomic E-state index is 2.72. The summed E-state index contributed by atoms with van der Waals surface area (Å²) in [6.07, 6.45) is 0. The summed E-state index contributed by atoms with van der Waals surface area (Å²) in [5.41, 5.74) is 54.5. The van der Waals surface area contributed by atoms with E-state index in [1.165, 1.54) is 218 Å². The molecule has 9 heteroatoms. The molecule has 15 aromatic carbocycles. The molecule has 15 aromatic rings. The molecule has 0 radical (unpaired) electrons. The van der Waals surface area contributed by atoms with E-state index in [1.54, 1.807) is 0 Å². The average Bonchev–Trinajstić information content (AvgIpc) is 0.696. The monoisotopic (exact) mass is 1750 g/mol. The van der Waals surface area contributed by atoms with Gasteiger partial charge in [0.15, 0.2) is 0 Å². The molecule has 0 saturated heterocycles. The molecule has 0 N–H and O–H groups in total. The number of anilines is 18. The third kappa shape index (κ3) is 13.8. The summed E-state index contributed by atoms with van der Waals surface area (Å²) in [7, 11) is 0. The van der Waals surface area contributed by atoms with Gasteiger partial charge in [-0.15, -0.1) is 0 Å². The predicted octanol–water partition coefficient (Wildman–Crippen LogP) is 27.8. The van der Waals surface area contributed by atoms with Gasteiger partial charge in [0.25, 0.3) is 20.1 Å². The van der Waals surface area contributed by atoms with Crippen LogP contribution in [0.25, 0.3) is 0 Å². The van der Waals surface area contributed by atoms with E-state index >= 15 is 0 Å². The Kier molecular flexibility index (Phi) is 20.1. The minimum absolute atomic E-state index is 0.0293. The minimum Gasteiger partial charge on any atom is -0.311 e. The smallest absolute Gasteiger partial charge is 0.252 e. The van der Waals surface area contributed by atoms with Gasteiger partial charge in [-0.2, -0.15) is 0 Å². The van der Waals surface area contributed by atoms with Crippen LogP contribution in [0.5, 0.6) is 0 Å². The summed E-state index contributed by atoms with van der Waals surface area (Å²) in [5, 5.41) is 0. The molecule has 134 heavy (non-hydrogen) atoms. The molecule has 6 aliphatic heterocycles. The Morgan fingerprint density at radius 3 is 0.515 bits per heavy atom. The Morgan fingerprint density at radius 2 is 0.328 bits per heavy atom. The SMILES string of the molecule is Cc1cc(N2c3ccc(C(C)(c4ccc5c(c4)B4c6cc(C(C)(C)C)ccc6N(c6ccc(C(C)(C)C)cc6)c6cccc(c64)N5c4cc(C)c(C)c(C)c4)c4ccc5c(c4)B4c6cc(C(C)(C)C)ccc6N(c6ccc(C(C)(C)C)cc6)c6cccc(c64)N5c4cc(C)c(C)c(C)c4)cc3B3c4cc(C(C)(C)C)ccc4N(c4ccc(C(C)(C)C)cc4)c4cccc2c43)cc(C)c1C. The number of hydrogen-bond acceptors (Lipinski definition) is 6. The van der Waals surface area contributed by atoms with Crippen molar-refractivity contribution in [2.75, 3.05) is 29.4 Å². The van der Waals surface area contributed by atoms with Gasteiger partial charge in [0.1, 0.15) is 0 Å². The van der Waals surface area contributed by atoms with Crippen LogP contribution in [0.4, 0.5) is 102 Å². The second-order valence-corrected chi connectivity index (χ2v) is 46.5. The second kappa shape index (κ2) is 30.7. The second-order valence-electron chi connectivity index (χ2n) is 46.5. The van der Waals surface area contributed by atoms with Crippen LogP contribution in [-0.4, -0.2) is 20.1 Å². The van der Waals surface area contributed by atoms with Crippen molar-refractivity contribution in [2.45, 2.75) is 232 Å². The topological polar surface area (TPSA) is 19.4 Å². The standard InChI is InChI=1S/C125H129B3N6/c1-74-62-95(63-75(2)80(74)7)132-107-59-47-89(71-101(107)126-98-68-86(122(19,20)21)44-56-104(98)129(110-32-29-35-113(132)116(110)126)92-50-38-83(39-51-92)119(10,11)12)125(28,90-48-60-108-102(72-90)127-99-69-87(123(22,23)24)45-57-105(99)130(93-52-40-84(41-53-93)120(13,14)15)111-33-30-36-114(117(111)127)133(108)96-64-76(3)81(8)77(4)65-96)91-49-61-109-103(73-91)128-100-70-88(124(25,26)27)46-58-106(100)131(94-54-42-85(43-55-94)121(16,17)18)112-34-31-37-115(118(112)128)134(109)97-66-78(5)82(9)79(6)67-97/h29-73H,1-28H3. The van der Waals surface area contributed by atoms with Gasteiger partial charge in [0.2, 0.25) is 0 Å². The lowest BCUT2D eigenvalue weighted by atomic mass is 9.32. The van der Waals surface area contributed by atoms with Crippen LogP contribution in [0.2, 0.25) is 0 Å². The molecule has 0 amide bonds. The highest BCUT2D eigenvalue weighted by Gasteiger charge is 2.51. The molecule has 0 aromatic heterocycles. The van der Waals surface area contributed by atoms with Crippen LogP contribution in [0.15, 0.2) is 273 Å². The van der Waals surface area contributed by atoms with E-state index in [9.17, 15) is 0 Å². The molecule has 0 spiro atoms. The molecule has 6 nitrogen and oxygen atoms in total. The summed E-state index contributed by atoms with van der Waals surface area (Å²) in [6.45, 7) is 65.1. The Balaban J connectivity index is 0.886. The van der Waals surface area contributed by atoms with Crippen LogP contribution in [-0.2, 0) is 37.9 Å². The maximum Gasteiger partial charge on any atom is 0.252 e. The van der Waals surface area contributed by atoms with Crippen LogP contribution in [0.3, 0.4) is 0 Å². The quantitative estimate of drug-likeness (QED) is 0.105. The van der Waals surface area contributed by atoms with Crippen molar-refractivity contribution in [1.29, 1.82) is 0 Å². The van der Waals surface area contributed by atoms with Crippen molar-refractivity contribution in [1.82, 2.24) is 0 Å². The van der Waals surface area contributed by atoms with Crippen molar-refractivity contribution in [2.24, 2.45) is 0 Å². The van der Waals surface area contributed by atoms with Gasteiger partial charge in [-0.1, -0.05) is 252 Å². The Bertz CT molecular complexity index is 6640. The summed E-state index contributed by atoms with van der Waals surface area (Å²) in [6, 6.07) is 110. The molecule has 668 valence electrons. The predicted molar refractivity (Wildman–Crippen MR) is 582 cm³/mol. The average molecular weight is 1750 g/mol. The molecular weight excluding hydrogens is 1620 g/mol. The van der Waals surface area contributed by atoms with Crippen molar-refractivity contribution in [3.8, 4) is 0 Å². The number of rotatable bonds is 9. The summed E-state index contributed by atoms with van der Waals surface area (Å²) >= 11 is 0. The summed E-state index contributed by atoms with van der Waals surface area (Å²) in [4.78, 5) is 15.7. The molecular formula is C125H129B3N6. The zero-order valence-electron chi connectivity index (χ0n) is 84.4. The van der Waals surface area contributed by atoms with E-state index in [1.807, 2.05) is 0 Å². The normalized spacial score (nSPS) is 14.3. The molecule has 6 heterocycles. The van der Waals surface area contributed by atoms with E-state index < -0.39 is 5.41 Å². The molecule has 0 saturated carbocycles. The number of benzene rings is 15. The first kappa shape index (κ1) is 87.9. The van der Waals surface area contributed by atoms with Crippen molar-refractivity contribution < 1.29 is 0 Å². The molecule has 0 aliphatic carbocycles. The highest BCUT2D eigenvalue weighted by Crippen LogP contribution is 2.54. The van der Waals surface area contributed by atoms with E-state index in [2.05, 4.69) is 496 Å². The number of hydrogen-bond donors (Lipinski definition) is 0. The number of aryl methyl sites for hydroxylation is 6. The maximum absolute atomic E-state index is 2.72. The highest BCUT2D eigenvalue weighted by molar-refractivity contribution is 7.02. The van der Waals surface area contributed by atoms with Crippen molar-refractivity contribution >= 4 is 172 Å². The van der Waals surface area contributed by atoms with Crippen molar-refractivity contribution in [3.05, 3.63) is 373 Å². The molecule has 21 rings (SSSR count). The van der Waals surface area contributed by atoms with Gasteiger partial charge in [-0.25, -0.2) is 0 Å². The van der Waals surface area contributed by atoms with Gasteiger partial charge in [-0.05, 0) is 397 Å². The Labute approximate surface area is 800 Å². The van der Waals surface area contributed by atoms with Crippen molar-refractivity contribution in [3.63, 3.8) is 0 Å². The fourth-order valence-corrected chi connectivity index (χ4v) is 23.1. The van der Waals surface area contributed by atoms with Gasteiger partial charge < -0.3 is 29.4 Å². The lowest BCUT2D eigenvalue weighted by Crippen LogP contribution is -2.62. The first-order valence-corrected chi connectivity index (χ1v) is 49.0.